The minimum absolute atomic E-state index is 0.358. The van der Waals surface area contributed by atoms with E-state index in [-0.39, 0.29) is 6.54 Å². The topological polar surface area (TPSA) is 54.5 Å². The molecule has 0 N–H and O–H groups in total. The second kappa shape index (κ2) is 4.41. The zero-order valence-electron chi connectivity index (χ0n) is 8.46. The van der Waals surface area contributed by atoms with E-state index < -0.39 is 5.97 Å². The number of nitrogens with zero attached hydrogens (tertiary/aromatic N) is 2. The Morgan fingerprint density at radius 3 is 2.75 bits per heavy atom. The standard InChI is InChI=1S/C12H9N2O2/c13-14-8-12(15)16-11-7-3-5-9-4-1-2-6-10(9)11/h1-7H,8H2/q+1. The molecule has 2 aromatic carbocycles. The van der Waals surface area contributed by atoms with E-state index in [0.717, 1.165) is 10.8 Å². The van der Waals surface area contributed by atoms with Gasteiger partial charge in [-0.1, -0.05) is 36.4 Å². The molecule has 78 valence electrons. The van der Waals surface area contributed by atoms with Crippen molar-refractivity contribution in [1.29, 1.82) is 5.39 Å². The van der Waals surface area contributed by atoms with Crippen LogP contribution in [0.3, 0.4) is 0 Å². The molecule has 0 fully saturated rings. The van der Waals surface area contributed by atoms with Gasteiger partial charge >= 0.3 is 12.5 Å². The summed E-state index contributed by atoms with van der Waals surface area (Å²) in [7, 11) is 0. The van der Waals surface area contributed by atoms with Crippen LogP contribution in [0.15, 0.2) is 42.5 Å². The molecule has 0 saturated carbocycles. The van der Waals surface area contributed by atoms with Gasteiger partial charge in [0.2, 0.25) is 5.39 Å². The number of carbonyl (C=O) groups excluding carboxylic acids is 1. The van der Waals surface area contributed by atoms with Crippen LogP contribution in [-0.2, 0) is 4.79 Å². The second-order valence-corrected chi connectivity index (χ2v) is 3.25. The van der Waals surface area contributed by atoms with E-state index in [1.807, 2.05) is 30.3 Å². The van der Waals surface area contributed by atoms with Crippen molar-refractivity contribution in [2.45, 2.75) is 0 Å². The molecule has 0 heterocycles. The minimum Gasteiger partial charge on any atom is -0.420 e. The van der Waals surface area contributed by atoms with E-state index in [4.69, 9.17) is 10.1 Å². The molecule has 0 bridgehead atoms. The Bertz CT molecular complexity index is 567. The van der Waals surface area contributed by atoms with Crippen LogP contribution in [0.2, 0.25) is 0 Å². The van der Waals surface area contributed by atoms with Crippen molar-refractivity contribution in [3.8, 4) is 5.75 Å². The smallest absolute Gasteiger partial charge is 0.401 e. The molecule has 0 unspecified atom stereocenters. The SMILES string of the molecule is N#[N+]CC(=O)Oc1cccc2ccccc12. The van der Waals surface area contributed by atoms with Crippen molar-refractivity contribution in [2.75, 3.05) is 6.54 Å². The maximum absolute atomic E-state index is 11.2. The highest BCUT2D eigenvalue weighted by molar-refractivity contribution is 5.90. The predicted molar refractivity (Wildman–Crippen MR) is 59.5 cm³/mol. The number of esters is 1. The van der Waals surface area contributed by atoms with Gasteiger partial charge in [0.05, 0.1) is 0 Å². The Morgan fingerprint density at radius 2 is 1.94 bits per heavy atom. The summed E-state index contributed by atoms with van der Waals surface area (Å²) in [6.45, 7) is -0.358. The van der Waals surface area contributed by atoms with Crippen molar-refractivity contribution in [2.24, 2.45) is 0 Å². The Hall–Kier alpha value is -2.41. The molecule has 0 aliphatic heterocycles. The first-order valence-corrected chi connectivity index (χ1v) is 4.80. The number of benzene rings is 2. The van der Waals surface area contributed by atoms with Crippen LogP contribution in [-0.4, -0.2) is 12.5 Å². The number of hydrogen-bond donors (Lipinski definition) is 0. The van der Waals surface area contributed by atoms with Crippen LogP contribution in [0, 0.1) is 5.39 Å². The van der Waals surface area contributed by atoms with Gasteiger partial charge in [-0.3, -0.25) is 0 Å². The van der Waals surface area contributed by atoms with Crippen molar-refractivity contribution >= 4 is 16.7 Å². The maximum Gasteiger partial charge on any atom is 0.401 e. The number of carbonyl (C=O) groups is 1. The maximum atomic E-state index is 11.2. The third kappa shape index (κ3) is 1.98. The lowest BCUT2D eigenvalue weighted by Crippen LogP contribution is -2.10. The first kappa shape index (κ1) is 10.1. The predicted octanol–water partition coefficient (Wildman–Crippen LogP) is 2.60. The molecule has 0 radical (unpaired) electrons. The lowest BCUT2D eigenvalue weighted by molar-refractivity contribution is -0.132. The van der Waals surface area contributed by atoms with Crippen molar-refractivity contribution < 1.29 is 9.53 Å². The highest BCUT2D eigenvalue weighted by atomic mass is 16.5. The Labute approximate surface area is 92.1 Å². The minimum atomic E-state index is -0.584. The number of fused-ring (bicyclic) bond motifs is 1. The summed E-state index contributed by atoms with van der Waals surface area (Å²) >= 11 is 0. The van der Waals surface area contributed by atoms with Crippen molar-refractivity contribution in [3.05, 3.63) is 47.4 Å². The molecule has 0 aromatic heterocycles. The molecule has 16 heavy (non-hydrogen) atoms. The summed E-state index contributed by atoms with van der Waals surface area (Å²) in [6, 6.07) is 13.0. The van der Waals surface area contributed by atoms with E-state index in [0.29, 0.717) is 5.75 Å². The molecular weight excluding hydrogens is 204 g/mol. The van der Waals surface area contributed by atoms with Crippen molar-refractivity contribution in [1.82, 2.24) is 0 Å². The van der Waals surface area contributed by atoms with Crippen LogP contribution in [0.5, 0.6) is 5.75 Å². The van der Waals surface area contributed by atoms with Gasteiger partial charge < -0.3 is 4.74 Å². The quantitative estimate of drug-likeness (QED) is 0.437. The van der Waals surface area contributed by atoms with Crippen LogP contribution >= 0.6 is 0 Å². The number of rotatable bonds is 2. The number of ether oxygens (including phenoxy) is 1. The zero-order chi connectivity index (χ0) is 11.4. The van der Waals surface area contributed by atoms with Gasteiger partial charge in [0.15, 0.2) is 0 Å². The normalized spacial score (nSPS) is 9.69. The largest absolute Gasteiger partial charge is 0.420 e. The number of hydrogen-bond acceptors (Lipinski definition) is 3. The molecule has 0 aliphatic rings. The molecule has 0 amide bonds. The Balaban J connectivity index is 2.38. The average Bonchev–Trinajstić information content (AvgIpc) is 2.30. The van der Waals surface area contributed by atoms with Gasteiger partial charge in [-0.25, -0.2) is 4.79 Å². The summed E-state index contributed by atoms with van der Waals surface area (Å²) in [6.07, 6.45) is 0. The highest BCUT2D eigenvalue weighted by Crippen LogP contribution is 2.25. The lowest BCUT2D eigenvalue weighted by atomic mass is 10.1. The monoisotopic (exact) mass is 213 g/mol. The Morgan fingerprint density at radius 1 is 1.19 bits per heavy atom. The molecule has 2 aromatic rings. The fraction of sp³-hybridized carbons (Fsp3) is 0.0833. The van der Waals surface area contributed by atoms with E-state index in [2.05, 4.69) is 4.98 Å². The molecule has 4 heteroatoms. The third-order valence-electron chi connectivity index (χ3n) is 2.17. The van der Waals surface area contributed by atoms with Gasteiger partial charge in [-0.05, 0) is 11.5 Å². The Kier molecular flexibility index (Phi) is 2.79. The molecule has 0 saturated heterocycles. The van der Waals surface area contributed by atoms with Crippen LogP contribution in [0.1, 0.15) is 0 Å². The average molecular weight is 213 g/mol. The number of diazo groups is 1. The molecular formula is C12H9N2O2+. The first-order valence-electron chi connectivity index (χ1n) is 4.80. The fourth-order valence-electron chi connectivity index (χ4n) is 1.50. The summed E-state index contributed by atoms with van der Waals surface area (Å²) in [4.78, 5) is 13.9. The summed E-state index contributed by atoms with van der Waals surface area (Å²) in [5.74, 6) is -0.106. The summed E-state index contributed by atoms with van der Waals surface area (Å²) in [5, 5.41) is 10.1. The van der Waals surface area contributed by atoms with Crippen LogP contribution in [0.25, 0.3) is 15.7 Å². The van der Waals surface area contributed by atoms with E-state index in [1.165, 1.54) is 0 Å². The molecule has 2 rings (SSSR count). The third-order valence-corrected chi connectivity index (χ3v) is 2.17. The molecule has 4 nitrogen and oxygen atoms in total. The van der Waals surface area contributed by atoms with E-state index in [9.17, 15) is 4.79 Å². The zero-order valence-corrected chi connectivity index (χ0v) is 8.46. The lowest BCUT2D eigenvalue weighted by Gasteiger charge is -2.04. The van der Waals surface area contributed by atoms with Gasteiger partial charge in [0.1, 0.15) is 10.7 Å². The van der Waals surface area contributed by atoms with E-state index in [1.54, 1.807) is 12.1 Å². The van der Waals surface area contributed by atoms with Crippen molar-refractivity contribution in [3.63, 3.8) is 0 Å². The van der Waals surface area contributed by atoms with Gasteiger partial charge in [-0.2, -0.15) is 0 Å². The summed E-state index contributed by atoms with van der Waals surface area (Å²) in [5.41, 5.74) is 0. The molecule has 0 spiro atoms. The van der Waals surface area contributed by atoms with Gasteiger partial charge in [0.25, 0.3) is 0 Å². The van der Waals surface area contributed by atoms with E-state index >= 15 is 0 Å². The fourth-order valence-corrected chi connectivity index (χ4v) is 1.50. The second-order valence-electron chi connectivity index (χ2n) is 3.25. The first-order chi connectivity index (χ1) is 7.81. The highest BCUT2D eigenvalue weighted by Gasteiger charge is 2.13. The van der Waals surface area contributed by atoms with Gasteiger partial charge in [0, 0.05) is 5.39 Å². The van der Waals surface area contributed by atoms with Gasteiger partial charge in [-0.15, -0.1) is 0 Å². The molecule has 0 aliphatic carbocycles. The van der Waals surface area contributed by atoms with Crippen LogP contribution < -0.4 is 4.74 Å². The summed E-state index contributed by atoms with van der Waals surface area (Å²) < 4.78 is 5.08. The van der Waals surface area contributed by atoms with Crippen LogP contribution in [0.4, 0.5) is 0 Å². The molecule has 0 atom stereocenters.